The number of aryl methyl sites for hydroxylation is 1. The zero-order valence-corrected chi connectivity index (χ0v) is 15.5. The third-order valence-electron chi connectivity index (χ3n) is 5.47. The number of urea groups is 1. The Morgan fingerprint density at radius 3 is 2.44 bits per heavy atom. The van der Waals surface area contributed by atoms with E-state index in [2.05, 4.69) is 48.3 Å². The molecule has 0 aromatic heterocycles. The molecule has 0 saturated carbocycles. The van der Waals surface area contributed by atoms with Crippen molar-refractivity contribution < 1.29 is 9.53 Å². The number of carbonyl (C=O) groups is 1. The van der Waals surface area contributed by atoms with E-state index in [1.807, 2.05) is 4.90 Å². The number of ether oxygens (including phenoxy) is 1. The normalized spacial score (nSPS) is 21.1. The predicted molar refractivity (Wildman–Crippen MR) is 99.7 cm³/mol. The van der Waals surface area contributed by atoms with Gasteiger partial charge in [-0.25, -0.2) is 4.79 Å². The maximum Gasteiger partial charge on any atom is 0.317 e. The number of carbonyl (C=O) groups excluding carboxylic acids is 1. The summed E-state index contributed by atoms with van der Waals surface area (Å²) in [6.45, 7) is 9.95. The third-order valence-corrected chi connectivity index (χ3v) is 5.47. The summed E-state index contributed by atoms with van der Waals surface area (Å²) < 4.78 is 5.33. The van der Waals surface area contributed by atoms with Crippen molar-refractivity contribution in [2.24, 2.45) is 5.92 Å². The van der Waals surface area contributed by atoms with Gasteiger partial charge in [0.1, 0.15) is 0 Å². The van der Waals surface area contributed by atoms with Gasteiger partial charge in [0.25, 0.3) is 0 Å². The Kier molecular flexibility index (Phi) is 6.32. The Bertz CT molecular complexity index is 547. The van der Waals surface area contributed by atoms with E-state index in [1.165, 1.54) is 24.0 Å². The highest BCUT2D eigenvalue weighted by Crippen LogP contribution is 2.26. The van der Waals surface area contributed by atoms with Crippen LogP contribution in [-0.4, -0.2) is 61.8 Å². The van der Waals surface area contributed by atoms with Crippen LogP contribution < -0.4 is 5.32 Å². The lowest BCUT2D eigenvalue weighted by atomic mass is 9.95. The Labute approximate surface area is 151 Å². The van der Waals surface area contributed by atoms with Gasteiger partial charge in [0, 0.05) is 19.6 Å². The molecule has 2 aliphatic rings. The van der Waals surface area contributed by atoms with Crippen molar-refractivity contribution in [1.29, 1.82) is 0 Å². The van der Waals surface area contributed by atoms with Crippen molar-refractivity contribution in [3.63, 3.8) is 0 Å². The molecule has 2 heterocycles. The highest BCUT2D eigenvalue weighted by atomic mass is 16.5. The lowest BCUT2D eigenvalue weighted by molar-refractivity contribution is 0.0522. The molecule has 0 bridgehead atoms. The number of rotatable bonds is 4. The Morgan fingerprint density at radius 2 is 1.80 bits per heavy atom. The lowest BCUT2D eigenvalue weighted by Crippen LogP contribution is -2.49. The topological polar surface area (TPSA) is 44.8 Å². The molecule has 1 aromatic rings. The van der Waals surface area contributed by atoms with Crippen molar-refractivity contribution in [3.05, 3.63) is 35.4 Å². The molecule has 1 aromatic carbocycles. The number of nitrogens with zero attached hydrogens (tertiary/aromatic N) is 2. The zero-order chi connectivity index (χ0) is 17.6. The van der Waals surface area contributed by atoms with Gasteiger partial charge in [0.15, 0.2) is 0 Å². The van der Waals surface area contributed by atoms with Crippen molar-refractivity contribution in [2.75, 3.05) is 45.9 Å². The van der Waals surface area contributed by atoms with Gasteiger partial charge in [-0.15, -0.1) is 0 Å². The summed E-state index contributed by atoms with van der Waals surface area (Å²) in [6, 6.07) is 9.03. The minimum atomic E-state index is 0.0331. The molecule has 0 aliphatic carbocycles. The van der Waals surface area contributed by atoms with E-state index in [1.54, 1.807) is 0 Å². The molecule has 0 radical (unpaired) electrons. The summed E-state index contributed by atoms with van der Waals surface area (Å²) in [5.74, 6) is 0.804. The van der Waals surface area contributed by atoms with Gasteiger partial charge < -0.3 is 15.0 Å². The smallest absolute Gasteiger partial charge is 0.317 e. The molecule has 5 nitrogen and oxygen atoms in total. The fraction of sp³-hybridized carbons (Fsp3) is 0.650. The first kappa shape index (κ1) is 18.2. The summed E-state index contributed by atoms with van der Waals surface area (Å²) in [7, 11) is 0. The number of amides is 2. The van der Waals surface area contributed by atoms with Gasteiger partial charge in [-0.3, -0.25) is 4.90 Å². The predicted octanol–water partition coefficient (Wildman–Crippen LogP) is 2.81. The lowest BCUT2D eigenvalue weighted by Gasteiger charge is -2.37. The molecule has 2 amide bonds. The molecule has 1 atom stereocenters. The second-order valence-electron chi connectivity index (χ2n) is 7.43. The fourth-order valence-electron chi connectivity index (χ4n) is 3.65. The van der Waals surface area contributed by atoms with Crippen molar-refractivity contribution >= 4 is 6.03 Å². The number of benzene rings is 1. The molecule has 5 heteroatoms. The van der Waals surface area contributed by atoms with Crippen molar-refractivity contribution in [3.8, 4) is 0 Å². The minimum absolute atomic E-state index is 0.0331. The molecular formula is C20H31N3O2. The summed E-state index contributed by atoms with van der Waals surface area (Å²) in [6.07, 6.45) is 2.47. The number of hydrogen-bond acceptors (Lipinski definition) is 3. The third kappa shape index (κ3) is 4.95. The average molecular weight is 345 g/mol. The van der Waals surface area contributed by atoms with Crippen molar-refractivity contribution in [1.82, 2.24) is 15.1 Å². The van der Waals surface area contributed by atoms with Crippen LogP contribution in [0.1, 0.15) is 36.9 Å². The molecule has 25 heavy (non-hydrogen) atoms. The first-order chi connectivity index (χ1) is 12.1. The standard InChI is InChI=1S/C20H31N3O2/c1-16-3-5-18(6-4-16)19(22-9-7-17(2)8-10-22)15-21-20(24)23-11-13-25-14-12-23/h3-6,17,19H,7-15H2,1-2H3,(H,21,24). The van der Waals surface area contributed by atoms with Gasteiger partial charge in [-0.1, -0.05) is 36.8 Å². The second kappa shape index (κ2) is 8.68. The zero-order valence-electron chi connectivity index (χ0n) is 15.5. The monoisotopic (exact) mass is 345 g/mol. The summed E-state index contributed by atoms with van der Waals surface area (Å²) in [4.78, 5) is 16.9. The Morgan fingerprint density at radius 1 is 1.16 bits per heavy atom. The van der Waals surface area contributed by atoms with E-state index in [4.69, 9.17) is 4.74 Å². The fourth-order valence-corrected chi connectivity index (χ4v) is 3.65. The number of nitrogens with one attached hydrogen (secondary N) is 1. The Hall–Kier alpha value is -1.59. The van der Waals surface area contributed by atoms with Crippen LogP contribution in [-0.2, 0) is 4.74 Å². The summed E-state index contributed by atoms with van der Waals surface area (Å²) in [5, 5.41) is 3.16. The summed E-state index contributed by atoms with van der Waals surface area (Å²) >= 11 is 0. The van der Waals surface area contributed by atoms with E-state index < -0.39 is 0 Å². The van der Waals surface area contributed by atoms with E-state index in [-0.39, 0.29) is 12.1 Å². The van der Waals surface area contributed by atoms with Gasteiger partial charge in [0.2, 0.25) is 0 Å². The molecule has 1 unspecified atom stereocenters. The van der Waals surface area contributed by atoms with Crippen LogP contribution in [0.25, 0.3) is 0 Å². The Balaban J connectivity index is 1.65. The average Bonchev–Trinajstić information content (AvgIpc) is 2.65. The number of morpholine rings is 1. The van der Waals surface area contributed by atoms with Gasteiger partial charge in [-0.2, -0.15) is 0 Å². The van der Waals surface area contributed by atoms with Crippen LogP contribution in [0.2, 0.25) is 0 Å². The maximum atomic E-state index is 12.5. The second-order valence-corrected chi connectivity index (χ2v) is 7.43. The minimum Gasteiger partial charge on any atom is -0.378 e. The summed E-state index contributed by atoms with van der Waals surface area (Å²) in [5.41, 5.74) is 2.56. The van der Waals surface area contributed by atoms with Gasteiger partial charge >= 0.3 is 6.03 Å². The first-order valence-electron chi connectivity index (χ1n) is 9.54. The van der Waals surface area contributed by atoms with E-state index in [9.17, 15) is 4.79 Å². The molecule has 3 rings (SSSR count). The van der Waals surface area contributed by atoms with Crippen LogP contribution in [0.3, 0.4) is 0 Å². The van der Waals surface area contributed by atoms with E-state index in [0.29, 0.717) is 32.8 Å². The number of hydrogen-bond donors (Lipinski definition) is 1. The largest absolute Gasteiger partial charge is 0.378 e. The molecule has 2 saturated heterocycles. The van der Waals surface area contributed by atoms with Crippen LogP contribution in [0.15, 0.2) is 24.3 Å². The van der Waals surface area contributed by atoms with Crippen LogP contribution in [0, 0.1) is 12.8 Å². The quantitative estimate of drug-likeness (QED) is 0.913. The molecule has 1 N–H and O–H groups in total. The van der Waals surface area contributed by atoms with E-state index >= 15 is 0 Å². The SMILES string of the molecule is Cc1ccc(C(CNC(=O)N2CCOCC2)N2CCC(C)CC2)cc1. The molecule has 2 aliphatic heterocycles. The molecule has 2 fully saturated rings. The van der Waals surface area contributed by atoms with Gasteiger partial charge in [-0.05, 0) is 44.3 Å². The van der Waals surface area contributed by atoms with Gasteiger partial charge in [0.05, 0.1) is 19.3 Å². The van der Waals surface area contributed by atoms with E-state index in [0.717, 1.165) is 19.0 Å². The van der Waals surface area contributed by atoms with Crippen molar-refractivity contribution in [2.45, 2.75) is 32.7 Å². The molecule has 138 valence electrons. The molecule has 0 spiro atoms. The highest BCUT2D eigenvalue weighted by molar-refractivity contribution is 5.74. The maximum absolute atomic E-state index is 12.5. The first-order valence-corrected chi connectivity index (χ1v) is 9.54. The molecular weight excluding hydrogens is 314 g/mol. The van der Waals surface area contributed by atoms with Crippen LogP contribution in [0.5, 0.6) is 0 Å². The van der Waals surface area contributed by atoms with Crippen LogP contribution >= 0.6 is 0 Å². The number of piperidine rings is 1. The number of likely N-dealkylation sites (tertiary alicyclic amines) is 1. The highest BCUT2D eigenvalue weighted by Gasteiger charge is 2.26. The van der Waals surface area contributed by atoms with Crippen LogP contribution in [0.4, 0.5) is 4.79 Å².